The number of carbonyl (C=O) groups is 3. The summed E-state index contributed by atoms with van der Waals surface area (Å²) in [7, 11) is 0. The van der Waals surface area contributed by atoms with Crippen LogP contribution < -0.4 is 10.6 Å². The Morgan fingerprint density at radius 2 is 1.62 bits per heavy atom. The molecular formula is C21H20N2O3. The second kappa shape index (κ2) is 6.75. The molecule has 2 aliphatic rings. The third-order valence-electron chi connectivity index (χ3n) is 5.28. The summed E-state index contributed by atoms with van der Waals surface area (Å²) in [5.74, 6) is -2.73. The van der Waals surface area contributed by atoms with Crippen LogP contribution >= 0.6 is 0 Å². The predicted octanol–water partition coefficient (Wildman–Crippen LogP) is 2.78. The van der Waals surface area contributed by atoms with Crippen molar-refractivity contribution in [1.29, 1.82) is 0 Å². The van der Waals surface area contributed by atoms with E-state index in [4.69, 9.17) is 0 Å². The van der Waals surface area contributed by atoms with Crippen LogP contribution in [0.1, 0.15) is 19.3 Å². The first-order chi connectivity index (χ1) is 12.6. The van der Waals surface area contributed by atoms with E-state index in [-0.39, 0.29) is 17.7 Å². The fourth-order valence-electron chi connectivity index (χ4n) is 3.92. The summed E-state index contributed by atoms with van der Waals surface area (Å²) in [5.41, 5.74) is 2.69. The van der Waals surface area contributed by atoms with Crippen molar-refractivity contribution >= 4 is 23.3 Å². The summed E-state index contributed by atoms with van der Waals surface area (Å²) < 4.78 is 0. The molecule has 1 aliphatic heterocycles. The van der Waals surface area contributed by atoms with Crippen molar-refractivity contribution in [2.24, 2.45) is 11.8 Å². The molecule has 5 heteroatoms. The lowest BCUT2D eigenvalue weighted by Crippen LogP contribution is -2.56. The second-order valence-corrected chi connectivity index (χ2v) is 6.92. The van der Waals surface area contributed by atoms with Gasteiger partial charge < -0.3 is 10.6 Å². The molecule has 0 bridgehead atoms. The van der Waals surface area contributed by atoms with E-state index >= 15 is 0 Å². The maximum absolute atomic E-state index is 12.6. The molecule has 0 spiro atoms. The Morgan fingerprint density at radius 3 is 2.35 bits per heavy atom. The molecule has 0 radical (unpaired) electrons. The summed E-state index contributed by atoms with van der Waals surface area (Å²) in [6.07, 6.45) is 2.48. The molecule has 5 nitrogen and oxygen atoms in total. The van der Waals surface area contributed by atoms with Crippen LogP contribution in [-0.2, 0) is 14.4 Å². The Hall–Kier alpha value is -2.95. The Bertz CT molecular complexity index is 845. The van der Waals surface area contributed by atoms with Crippen molar-refractivity contribution in [2.75, 3.05) is 5.32 Å². The lowest BCUT2D eigenvalue weighted by molar-refractivity contribution is -0.145. The predicted molar refractivity (Wildman–Crippen MR) is 98.3 cm³/mol. The van der Waals surface area contributed by atoms with Crippen LogP contribution in [0.3, 0.4) is 0 Å². The molecule has 1 unspecified atom stereocenters. The fraction of sp³-hybridized carbons (Fsp3) is 0.286. The quantitative estimate of drug-likeness (QED) is 0.838. The molecule has 1 aliphatic carbocycles. The molecule has 3 atom stereocenters. The Morgan fingerprint density at radius 1 is 0.923 bits per heavy atom. The number of anilines is 1. The summed E-state index contributed by atoms with van der Waals surface area (Å²) in [6, 6.07) is 17.2. The van der Waals surface area contributed by atoms with E-state index < -0.39 is 17.7 Å². The third kappa shape index (κ3) is 3.01. The number of hydrogen-bond donors (Lipinski definition) is 2. The van der Waals surface area contributed by atoms with E-state index in [9.17, 15) is 14.4 Å². The van der Waals surface area contributed by atoms with Crippen molar-refractivity contribution in [2.45, 2.75) is 25.3 Å². The molecule has 2 N–H and O–H groups in total. The SMILES string of the molecule is O=C(Nc1ccc(-c2ccccc2)cc1)C1C(=O)N[C@@H]2CCC[C@@H]2C1=O. The number of carbonyl (C=O) groups excluding carboxylic acids is 3. The van der Waals surface area contributed by atoms with Crippen LogP contribution in [0.15, 0.2) is 54.6 Å². The average Bonchev–Trinajstić information content (AvgIpc) is 3.12. The van der Waals surface area contributed by atoms with Crippen molar-refractivity contribution in [3.63, 3.8) is 0 Å². The zero-order chi connectivity index (χ0) is 18.1. The number of fused-ring (bicyclic) bond motifs is 1. The molecule has 1 saturated carbocycles. The molecule has 0 aromatic heterocycles. The topological polar surface area (TPSA) is 75.3 Å². The maximum Gasteiger partial charge on any atom is 0.244 e. The second-order valence-electron chi connectivity index (χ2n) is 6.92. The van der Waals surface area contributed by atoms with Crippen LogP contribution in [-0.4, -0.2) is 23.6 Å². The summed E-state index contributed by atoms with van der Waals surface area (Å²) in [6.45, 7) is 0. The molecular weight excluding hydrogens is 328 g/mol. The van der Waals surface area contributed by atoms with Gasteiger partial charge in [0.2, 0.25) is 11.8 Å². The van der Waals surface area contributed by atoms with E-state index in [1.165, 1.54) is 0 Å². The number of Topliss-reactive ketones (excluding diaryl/α,β-unsaturated/α-hetero) is 1. The van der Waals surface area contributed by atoms with Gasteiger partial charge in [0.25, 0.3) is 0 Å². The van der Waals surface area contributed by atoms with E-state index in [0.717, 1.165) is 30.4 Å². The average molecular weight is 348 g/mol. The smallest absolute Gasteiger partial charge is 0.244 e. The number of nitrogens with one attached hydrogen (secondary N) is 2. The van der Waals surface area contributed by atoms with Gasteiger partial charge >= 0.3 is 0 Å². The summed E-state index contributed by atoms with van der Waals surface area (Å²) >= 11 is 0. The summed E-state index contributed by atoms with van der Waals surface area (Å²) in [4.78, 5) is 37.3. The van der Waals surface area contributed by atoms with Gasteiger partial charge in [-0.05, 0) is 36.1 Å². The maximum atomic E-state index is 12.6. The number of benzene rings is 2. The van der Waals surface area contributed by atoms with Gasteiger partial charge in [0.1, 0.15) is 0 Å². The number of amides is 2. The highest BCUT2D eigenvalue weighted by molar-refractivity contribution is 6.23. The highest BCUT2D eigenvalue weighted by atomic mass is 16.2. The number of hydrogen-bond acceptors (Lipinski definition) is 3. The lowest BCUT2D eigenvalue weighted by atomic mass is 9.84. The molecule has 26 heavy (non-hydrogen) atoms. The Labute approximate surface area is 151 Å². The number of rotatable bonds is 3. The van der Waals surface area contributed by atoms with Crippen molar-refractivity contribution in [3.8, 4) is 11.1 Å². The molecule has 1 saturated heterocycles. The standard InChI is InChI=1S/C21H20N2O3/c24-19-16-7-4-8-17(16)23-21(26)18(19)20(25)22-15-11-9-14(10-12-15)13-5-2-1-3-6-13/h1-3,5-6,9-12,16-18H,4,7-8H2,(H,22,25)(H,23,26)/t16-,17+,18?/m0/s1. The monoisotopic (exact) mass is 348 g/mol. The normalized spacial score (nSPS) is 24.7. The van der Waals surface area contributed by atoms with E-state index in [1.807, 2.05) is 42.5 Å². The van der Waals surface area contributed by atoms with E-state index in [0.29, 0.717) is 5.69 Å². The Kier molecular flexibility index (Phi) is 4.29. The van der Waals surface area contributed by atoms with Gasteiger partial charge in [0.05, 0.1) is 0 Å². The van der Waals surface area contributed by atoms with E-state index in [2.05, 4.69) is 10.6 Å². The van der Waals surface area contributed by atoms with Crippen molar-refractivity contribution in [1.82, 2.24) is 5.32 Å². The minimum atomic E-state index is -1.25. The Balaban J connectivity index is 1.47. The van der Waals surface area contributed by atoms with Crippen LogP contribution in [0.2, 0.25) is 0 Å². The van der Waals surface area contributed by atoms with Crippen LogP contribution in [0.4, 0.5) is 5.69 Å². The summed E-state index contributed by atoms with van der Waals surface area (Å²) in [5, 5.41) is 5.55. The van der Waals surface area contributed by atoms with Crippen molar-refractivity contribution in [3.05, 3.63) is 54.6 Å². The first-order valence-corrected chi connectivity index (χ1v) is 8.94. The number of ketones is 1. The molecule has 4 rings (SSSR count). The van der Waals surface area contributed by atoms with Crippen LogP contribution in [0, 0.1) is 11.8 Å². The first kappa shape index (κ1) is 16.5. The molecule has 1 heterocycles. The highest BCUT2D eigenvalue weighted by Crippen LogP contribution is 2.32. The lowest BCUT2D eigenvalue weighted by Gasteiger charge is -2.30. The zero-order valence-electron chi connectivity index (χ0n) is 14.3. The van der Waals surface area contributed by atoms with Gasteiger partial charge in [-0.1, -0.05) is 48.9 Å². The van der Waals surface area contributed by atoms with Gasteiger partial charge in [-0.25, -0.2) is 0 Å². The van der Waals surface area contributed by atoms with Crippen molar-refractivity contribution < 1.29 is 14.4 Å². The first-order valence-electron chi connectivity index (χ1n) is 8.94. The number of piperidine rings is 1. The minimum Gasteiger partial charge on any atom is -0.352 e. The van der Waals surface area contributed by atoms with Gasteiger partial charge in [-0.3, -0.25) is 14.4 Å². The zero-order valence-corrected chi connectivity index (χ0v) is 14.3. The van der Waals surface area contributed by atoms with Crippen LogP contribution in [0.25, 0.3) is 11.1 Å². The van der Waals surface area contributed by atoms with Gasteiger partial charge in [-0.2, -0.15) is 0 Å². The third-order valence-corrected chi connectivity index (χ3v) is 5.28. The van der Waals surface area contributed by atoms with Gasteiger partial charge in [-0.15, -0.1) is 0 Å². The highest BCUT2D eigenvalue weighted by Gasteiger charge is 2.48. The van der Waals surface area contributed by atoms with E-state index in [1.54, 1.807) is 12.1 Å². The molecule has 2 aromatic rings. The molecule has 132 valence electrons. The fourth-order valence-corrected chi connectivity index (χ4v) is 3.92. The largest absolute Gasteiger partial charge is 0.352 e. The minimum absolute atomic E-state index is 0.0933. The molecule has 2 fully saturated rings. The van der Waals surface area contributed by atoms with Crippen LogP contribution in [0.5, 0.6) is 0 Å². The molecule has 2 aromatic carbocycles. The molecule has 2 amide bonds. The van der Waals surface area contributed by atoms with Gasteiger partial charge in [0.15, 0.2) is 11.7 Å². The van der Waals surface area contributed by atoms with Gasteiger partial charge in [0, 0.05) is 17.6 Å².